The standard InChI is InChI=1S/C24H33N3O2.ClH/c1-7-27(8-2,15-21(28)25-23-17(3)11-9-12-18(23)4)16-22(29)26-24-19(5)13-10-14-20(24)6;/h9-14H,7-8,15-16H2,1-6H3,(H-,25,26,28,29);1H. The maximum atomic E-state index is 12.8. The highest BCUT2D eigenvalue weighted by molar-refractivity contribution is 5.95. The van der Waals surface area contributed by atoms with Crippen LogP contribution in [-0.4, -0.2) is 42.5 Å². The molecule has 0 saturated heterocycles. The molecular weight excluding hydrogens is 398 g/mol. The van der Waals surface area contributed by atoms with Gasteiger partial charge in [0.1, 0.15) is 0 Å². The Morgan fingerprint density at radius 2 is 1.00 bits per heavy atom. The molecule has 6 heteroatoms. The number of para-hydroxylation sites is 2. The lowest BCUT2D eigenvalue weighted by Crippen LogP contribution is -3.00. The minimum absolute atomic E-state index is 0. The van der Waals surface area contributed by atoms with Crippen LogP contribution in [0.25, 0.3) is 0 Å². The molecule has 0 bridgehead atoms. The highest BCUT2D eigenvalue weighted by Crippen LogP contribution is 2.21. The van der Waals surface area contributed by atoms with Crippen molar-refractivity contribution in [3.63, 3.8) is 0 Å². The molecule has 2 aromatic carbocycles. The van der Waals surface area contributed by atoms with Crippen LogP contribution in [0.4, 0.5) is 11.4 Å². The van der Waals surface area contributed by atoms with Gasteiger partial charge in [-0.1, -0.05) is 36.4 Å². The molecule has 2 aromatic rings. The first-order valence-corrected chi connectivity index (χ1v) is 10.3. The first-order valence-electron chi connectivity index (χ1n) is 10.3. The van der Waals surface area contributed by atoms with E-state index in [1.54, 1.807) is 0 Å². The lowest BCUT2D eigenvalue weighted by molar-refractivity contribution is -0.909. The Labute approximate surface area is 186 Å². The van der Waals surface area contributed by atoms with Crippen LogP contribution in [-0.2, 0) is 9.59 Å². The van der Waals surface area contributed by atoms with Gasteiger partial charge in [-0.15, -0.1) is 0 Å². The van der Waals surface area contributed by atoms with Gasteiger partial charge >= 0.3 is 0 Å². The first kappa shape index (κ1) is 25.7. The molecule has 0 atom stereocenters. The van der Waals surface area contributed by atoms with Gasteiger partial charge in [0.15, 0.2) is 13.1 Å². The molecule has 0 fully saturated rings. The molecule has 164 valence electrons. The van der Waals surface area contributed by atoms with Gasteiger partial charge in [-0.05, 0) is 63.8 Å². The van der Waals surface area contributed by atoms with Gasteiger partial charge in [0.05, 0.1) is 13.1 Å². The normalized spacial score (nSPS) is 10.9. The molecular formula is C24H34ClN3O2. The summed E-state index contributed by atoms with van der Waals surface area (Å²) in [6.45, 7) is 14.0. The number of quaternary nitrogens is 1. The summed E-state index contributed by atoms with van der Waals surface area (Å²) >= 11 is 0. The molecule has 0 aliphatic carbocycles. The summed E-state index contributed by atoms with van der Waals surface area (Å²) in [6, 6.07) is 11.9. The summed E-state index contributed by atoms with van der Waals surface area (Å²) in [6.07, 6.45) is 0. The van der Waals surface area contributed by atoms with Crippen molar-refractivity contribution in [1.82, 2.24) is 0 Å². The number of aryl methyl sites for hydroxylation is 4. The van der Waals surface area contributed by atoms with Gasteiger partial charge in [-0.3, -0.25) is 9.59 Å². The SMILES string of the molecule is CC[N+](CC)(CC(=O)Nc1c(C)cccc1C)CC(=O)Nc1c(C)cccc1C.[Cl-]. The second kappa shape index (κ2) is 11.1. The highest BCUT2D eigenvalue weighted by atomic mass is 35.5. The molecule has 0 aromatic heterocycles. The maximum Gasteiger partial charge on any atom is 0.279 e. The van der Waals surface area contributed by atoms with Gasteiger partial charge in [0, 0.05) is 11.4 Å². The van der Waals surface area contributed by atoms with Crippen molar-refractivity contribution < 1.29 is 26.5 Å². The van der Waals surface area contributed by atoms with Crippen LogP contribution in [0.15, 0.2) is 36.4 Å². The molecule has 0 saturated carbocycles. The van der Waals surface area contributed by atoms with Gasteiger partial charge in [-0.2, -0.15) is 0 Å². The summed E-state index contributed by atoms with van der Waals surface area (Å²) in [5.41, 5.74) is 5.88. The van der Waals surface area contributed by atoms with Crippen LogP contribution in [0.5, 0.6) is 0 Å². The molecule has 2 N–H and O–H groups in total. The molecule has 0 radical (unpaired) electrons. The highest BCUT2D eigenvalue weighted by Gasteiger charge is 2.30. The van der Waals surface area contributed by atoms with Crippen LogP contribution in [0, 0.1) is 27.7 Å². The van der Waals surface area contributed by atoms with Crippen molar-refractivity contribution in [2.45, 2.75) is 41.5 Å². The van der Waals surface area contributed by atoms with Crippen LogP contribution in [0.1, 0.15) is 36.1 Å². The van der Waals surface area contributed by atoms with E-state index in [2.05, 4.69) is 10.6 Å². The first-order chi connectivity index (χ1) is 13.7. The van der Waals surface area contributed by atoms with Crippen molar-refractivity contribution in [2.24, 2.45) is 0 Å². The van der Waals surface area contributed by atoms with Gasteiger partial charge in [0.25, 0.3) is 11.8 Å². The van der Waals surface area contributed by atoms with Crippen molar-refractivity contribution in [3.05, 3.63) is 58.7 Å². The monoisotopic (exact) mass is 431 g/mol. The third-order valence-electron chi connectivity index (χ3n) is 5.79. The summed E-state index contributed by atoms with van der Waals surface area (Å²) in [4.78, 5) is 25.7. The fourth-order valence-electron chi connectivity index (χ4n) is 3.72. The fourth-order valence-corrected chi connectivity index (χ4v) is 3.72. The topological polar surface area (TPSA) is 58.2 Å². The Morgan fingerprint density at radius 1 is 0.700 bits per heavy atom. The summed E-state index contributed by atoms with van der Waals surface area (Å²) in [7, 11) is 0. The predicted octanol–water partition coefficient (Wildman–Crippen LogP) is 1.36. The van der Waals surface area contributed by atoms with Crippen molar-refractivity contribution in [1.29, 1.82) is 0 Å². The number of hydrogen-bond acceptors (Lipinski definition) is 2. The molecule has 0 unspecified atom stereocenters. The lowest BCUT2D eigenvalue weighted by Gasteiger charge is -2.35. The van der Waals surface area contributed by atoms with Crippen molar-refractivity contribution >= 4 is 23.2 Å². The van der Waals surface area contributed by atoms with E-state index in [-0.39, 0.29) is 37.3 Å². The molecule has 0 aliphatic rings. The molecule has 2 rings (SSSR count). The van der Waals surface area contributed by atoms with E-state index in [9.17, 15) is 9.59 Å². The van der Waals surface area contributed by atoms with E-state index in [1.807, 2.05) is 77.9 Å². The minimum Gasteiger partial charge on any atom is -1.00 e. The zero-order valence-electron chi connectivity index (χ0n) is 18.9. The zero-order chi connectivity index (χ0) is 21.6. The van der Waals surface area contributed by atoms with Gasteiger partial charge in [0.2, 0.25) is 0 Å². The lowest BCUT2D eigenvalue weighted by atomic mass is 10.1. The van der Waals surface area contributed by atoms with E-state index in [0.717, 1.165) is 33.6 Å². The van der Waals surface area contributed by atoms with Crippen LogP contribution < -0.4 is 23.0 Å². The Balaban J connectivity index is 0.00000450. The summed E-state index contributed by atoms with van der Waals surface area (Å²) < 4.78 is 0.410. The smallest absolute Gasteiger partial charge is 0.279 e. The molecule has 0 spiro atoms. The molecule has 5 nitrogen and oxygen atoms in total. The number of halogens is 1. The number of rotatable bonds is 8. The second-order valence-corrected chi connectivity index (χ2v) is 7.92. The quantitative estimate of drug-likeness (QED) is 0.620. The van der Waals surface area contributed by atoms with E-state index in [0.29, 0.717) is 17.6 Å². The maximum absolute atomic E-state index is 12.8. The third-order valence-corrected chi connectivity index (χ3v) is 5.79. The number of nitrogens with zero attached hydrogens (tertiary/aromatic N) is 1. The van der Waals surface area contributed by atoms with Gasteiger partial charge in [-0.25, -0.2) is 0 Å². The van der Waals surface area contributed by atoms with E-state index < -0.39 is 0 Å². The number of nitrogens with one attached hydrogen (secondary N) is 2. The van der Waals surface area contributed by atoms with Gasteiger partial charge < -0.3 is 27.5 Å². The number of amides is 2. The predicted molar refractivity (Wildman–Crippen MR) is 120 cm³/mol. The van der Waals surface area contributed by atoms with Crippen LogP contribution >= 0.6 is 0 Å². The largest absolute Gasteiger partial charge is 1.00 e. The number of hydrogen-bond donors (Lipinski definition) is 2. The van der Waals surface area contributed by atoms with Crippen molar-refractivity contribution in [2.75, 3.05) is 36.8 Å². The molecule has 0 heterocycles. The molecule has 30 heavy (non-hydrogen) atoms. The van der Waals surface area contributed by atoms with E-state index >= 15 is 0 Å². The van der Waals surface area contributed by atoms with E-state index in [4.69, 9.17) is 0 Å². The van der Waals surface area contributed by atoms with E-state index in [1.165, 1.54) is 0 Å². The molecule has 0 aliphatic heterocycles. The second-order valence-electron chi connectivity index (χ2n) is 7.92. The Hall–Kier alpha value is -2.37. The minimum atomic E-state index is -0.0639. The van der Waals surface area contributed by atoms with Crippen LogP contribution in [0.3, 0.4) is 0 Å². The van der Waals surface area contributed by atoms with Crippen molar-refractivity contribution in [3.8, 4) is 0 Å². The average Bonchev–Trinajstić information content (AvgIpc) is 2.67. The summed E-state index contributed by atoms with van der Waals surface area (Å²) in [5.74, 6) is -0.128. The Bertz CT molecular complexity index is 782. The van der Waals surface area contributed by atoms with Crippen LogP contribution in [0.2, 0.25) is 0 Å². The Morgan fingerprint density at radius 3 is 1.27 bits per heavy atom. The number of benzene rings is 2. The average molecular weight is 432 g/mol. The number of anilines is 2. The molecule has 2 amide bonds. The number of carbonyl (C=O) groups excluding carboxylic acids is 2. The number of likely N-dealkylation sites (N-methyl/N-ethyl adjacent to an activating group) is 1. The Kier molecular flexibility index (Phi) is 9.53. The third kappa shape index (κ3) is 6.31. The zero-order valence-corrected chi connectivity index (χ0v) is 19.7. The number of carbonyl (C=O) groups is 2. The fraction of sp³-hybridized carbons (Fsp3) is 0.417. The summed E-state index contributed by atoms with van der Waals surface area (Å²) in [5, 5.41) is 6.11.